The van der Waals surface area contributed by atoms with E-state index in [-0.39, 0.29) is 0 Å². The van der Waals surface area contributed by atoms with Gasteiger partial charge in [-0.1, -0.05) is 0 Å². The molecule has 1 aromatic rings. The van der Waals surface area contributed by atoms with Gasteiger partial charge >= 0.3 is 5.97 Å². The molecule has 0 saturated carbocycles. The molecule has 0 aliphatic carbocycles. The van der Waals surface area contributed by atoms with Crippen LogP contribution in [0.3, 0.4) is 0 Å². The Kier molecular flexibility index (Phi) is 3.73. The van der Waals surface area contributed by atoms with Gasteiger partial charge in [0.25, 0.3) is 0 Å². The van der Waals surface area contributed by atoms with Gasteiger partial charge in [-0.05, 0) is 37.6 Å². The molecule has 1 unspecified atom stereocenters. The van der Waals surface area contributed by atoms with E-state index in [1.807, 2.05) is 0 Å². The zero-order valence-corrected chi connectivity index (χ0v) is 10.1. The minimum atomic E-state index is -0.899. The third-order valence-corrected chi connectivity index (χ3v) is 2.82. The van der Waals surface area contributed by atoms with Crippen LogP contribution in [0.4, 0.5) is 5.69 Å². The van der Waals surface area contributed by atoms with Crippen LogP contribution in [0.1, 0.15) is 22.8 Å². The lowest BCUT2D eigenvalue weighted by molar-refractivity contribution is -0.138. The Morgan fingerprint density at radius 3 is 2.41 bits per heavy atom. The largest absolute Gasteiger partial charge is 0.480 e. The normalized spacial score (nSPS) is 11.9. The summed E-state index contributed by atoms with van der Waals surface area (Å²) in [5.74, 6) is -1.38. The molecule has 5 nitrogen and oxygen atoms in total. The summed E-state index contributed by atoms with van der Waals surface area (Å²) in [6, 6.07) is 4.42. The maximum atomic E-state index is 11.1. The maximum Gasteiger partial charge on any atom is 0.326 e. The smallest absolute Gasteiger partial charge is 0.326 e. The number of benzene rings is 1. The van der Waals surface area contributed by atoms with E-state index in [1.54, 1.807) is 44.0 Å². The van der Waals surface area contributed by atoms with Gasteiger partial charge < -0.3 is 15.7 Å². The van der Waals surface area contributed by atoms with Crippen molar-refractivity contribution in [3.8, 4) is 0 Å². The second-order valence-electron chi connectivity index (χ2n) is 3.99. The van der Waals surface area contributed by atoms with Crippen molar-refractivity contribution in [3.05, 3.63) is 29.3 Å². The van der Waals surface area contributed by atoms with E-state index in [9.17, 15) is 9.59 Å². The van der Waals surface area contributed by atoms with Gasteiger partial charge in [-0.3, -0.25) is 4.79 Å². The minimum Gasteiger partial charge on any atom is -0.480 e. The minimum absolute atomic E-state index is 0.449. The zero-order valence-electron chi connectivity index (χ0n) is 10.1. The number of carbonyl (C=O) groups is 2. The van der Waals surface area contributed by atoms with Gasteiger partial charge in [0.2, 0.25) is 5.91 Å². The average Bonchev–Trinajstić information content (AvgIpc) is 2.26. The molecule has 92 valence electrons. The predicted molar refractivity (Wildman–Crippen MR) is 65.2 cm³/mol. The van der Waals surface area contributed by atoms with Crippen molar-refractivity contribution >= 4 is 17.6 Å². The highest BCUT2D eigenvalue weighted by Crippen LogP contribution is 2.19. The molecule has 0 fully saturated rings. The molecule has 3 N–H and O–H groups in total. The Balaban J connectivity index is 3.05. The number of hydrogen-bond donors (Lipinski definition) is 2. The van der Waals surface area contributed by atoms with Crippen LogP contribution >= 0.6 is 0 Å². The van der Waals surface area contributed by atoms with E-state index >= 15 is 0 Å². The molecule has 0 aromatic heterocycles. The Bertz CT molecular complexity index is 457. The van der Waals surface area contributed by atoms with Crippen molar-refractivity contribution in [1.82, 2.24) is 0 Å². The Hall–Kier alpha value is -2.04. The molecule has 0 spiro atoms. The number of carbonyl (C=O) groups excluding carboxylic acids is 1. The molecule has 0 heterocycles. The van der Waals surface area contributed by atoms with Crippen LogP contribution < -0.4 is 10.6 Å². The topological polar surface area (TPSA) is 83.6 Å². The van der Waals surface area contributed by atoms with Crippen LogP contribution in [-0.2, 0) is 4.79 Å². The summed E-state index contributed by atoms with van der Waals surface area (Å²) in [5, 5.41) is 8.91. The Morgan fingerprint density at radius 2 is 2.00 bits per heavy atom. The molecule has 1 amide bonds. The van der Waals surface area contributed by atoms with Crippen molar-refractivity contribution in [3.63, 3.8) is 0 Å². The number of aryl methyl sites for hydroxylation is 1. The van der Waals surface area contributed by atoms with Gasteiger partial charge in [-0.25, -0.2) is 4.79 Å². The zero-order chi connectivity index (χ0) is 13.2. The van der Waals surface area contributed by atoms with Crippen molar-refractivity contribution in [2.45, 2.75) is 19.9 Å². The number of anilines is 1. The molecule has 0 radical (unpaired) electrons. The molecule has 1 atom stereocenters. The van der Waals surface area contributed by atoms with Gasteiger partial charge in [-0.2, -0.15) is 0 Å². The van der Waals surface area contributed by atoms with E-state index in [0.29, 0.717) is 5.56 Å². The first-order valence-corrected chi connectivity index (χ1v) is 5.20. The fourth-order valence-electron chi connectivity index (χ4n) is 1.53. The summed E-state index contributed by atoms with van der Waals surface area (Å²) in [6.45, 7) is 3.36. The average molecular weight is 236 g/mol. The lowest BCUT2D eigenvalue weighted by atomic mass is 10.1. The third kappa shape index (κ3) is 2.75. The number of hydrogen-bond acceptors (Lipinski definition) is 3. The highest BCUT2D eigenvalue weighted by Gasteiger charge is 2.18. The van der Waals surface area contributed by atoms with Crippen LogP contribution in [0, 0.1) is 6.92 Å². The first kappa shape index (κ1) is 13.0. The first-order valence-electron chi connectivity index (χ1n) is 5.20. The fourth-order valence-corrected chi connectivity index (χ4v) is 1.53. The molecular weight excluding hydrogens is 220 g/mol. The lowest BCUT2D eigenvalue weighted by Crippen LogP contribution is -2.35. The van der Waals surface area contributed by atoms with E-state index < -0.39 is 17.9 Å². The fraction of sp³-hybridized carbons (Fsp3) is 0.333. The summed E-state index contributed by atoms with van der Waals surface area (Å²) < 4.78 is 0. The number of carboxylic acids is 1. The van der Waals surface area contributed by atoms with Gasteiger partial charge in [-0.15, -0.1) is 0 Å². The van der Waals surface area contributed by atoms with Crippen molar-refractivity contribution in [1.29, 1.82) is 0 Å². The predicted octanol–water partition coefficient (Wildman–Crippen LogP) is 1.00. The van der Waals surface area contributed by atoms with Crippen LogP contribution in [0.5, 0.6) is 0 Å². The quantitative estimate of drug-likeness (QED) is 0.817. The van der Waals surface area contributed by atoms with E-state index in [1.165, 1.54) is 0 Å². The number of nitrogens with two attached hydrogens (primary N) is 1. The molecule has 17 heavy (non-hydrogen) atoms. The number of amides is 1. The molecule has 0 bridgehead atoms. The molecule has 1 rings (SSSR count). The van der Waals surface area contributed by atoms with E-state index in [4.69, 9.17) is 10.8 Å². The lowest BCUT2D eigenvalue weighted by Gasteiger charge is -2.24. The summed E-state index contributed by atoms with van der Waals surface area (Å²) in [4.78, 5) is 23.5. The van der Waals surface area contributed by atoms with E-state index in [2.05, 4.69) is 0 Å². The second kappa shape index (κ2) is 4.86. The number of rotatable bonds is 4. The Morgan fingerprint density at radius 1 is 1.41 bits per heavy atom. The molecule has 5 heteroatoms. The summed E-state index contributed by atoms with van der Waals surface area (Å²) in [7, 11) is 1.69. The monoisotopic (exact) mass is 236 g/mol. The van der Waals surface area contributed by atoms with Crippen LogP contribution in [0.15, 0.2) is 18.2 Å². The van der Waals surface area contributed by atoms with Gasteiger partial charge in [0.05, 0.1) is 0 Å². The molecular formula is C12H16N2O3. The number of carboxylic acid groups (broad SMARTS) is 1. The molecule has 0 aliphatic heterocycles. The molecule has 0 saturated heterocycles. The number of nitrogens with zero attached hydrogens (tertiary/aromatic N) is 1. The summed E-state index contributed by atoms with van der Waals surface area (Å²) in [6.07, 6.45) is 0. The number of primary amides is 1. The van der Waals surface area contributed by atoms with Crippen molar-refractivity contribution < 1.29 is 14.7 Å². The number of aliphatic carboxylic acids is 1. The summed E-state index contributed by atoms with van der Waals surface area (Å²) in [5.41, 5.74) is 7.13. The van der Waals surface area contributed by atoms with E-state index in [0.717, 1.165) is 11.3 Å². The SMILES string of the molecule is Cc1cc(N(C)C(C)C(=O)O)ccc1C(N)=O. The highest BCUT2D eigenvalue weighted by atomic mass is 16.4. The first-order chi connectivity index (χ1) is 7.84. The van der Waals surface area contributed by atoms with Gasteiger partial charge in [0.15, 0.2) is 0 Å². The maximum absolute atomic E-state index is 11.1. The summed E-state index contributed by atoms with van der Waals surface area (Å²) >= 11 is 0. The van der Waals surface area contributed by atoms with Crippen LogP contribution in [-0.4, -0.2) is 30.1 Å². The second-order valence-corrected chi connectivity index (χ2v) is 3.99. The van der Waals surface area contributed by atoms with Gasteiger partial charge in [0.1, 0.15) is 6.04 Å². The third-order valence-electron chi connectivity index (χ3n) is 2.82. The van der Waals surface area contributed by atoms with Crippen LogP contribution in [0.2, 0.25) is 0 Å². The molecule has 1 aromatic carbocycles. The number of likely N-dealkylation sites (N-methyl/N-ethyl adjacent to an activating group) is 1. The van der Waals surface area contributed by atoms with Gasteiger partial charge in [0, 0.05) is 18.3 Å². The highest BCUT2D eigenvalue weighted by molar-refractivity contribution is 5.94. The standard InChI is InChI=1S/C12H16N2O3/c1-7-6-9(4-5-10(7)11(13)15)14(3)8(2)12(16)17/h4-6,8H,1-3H3,(H2,13,15)(H,16,17). The Labute approximate surface area is 99.8 Å². The molecule has 0 aliphatic rings. The van der Waals surface area contributed by atoms with Crippen LogP contribution in [0.25, 0.3) is 0 Å². The van der Waals surface area contributed by atoms with Crippen molar-refractivity contribution in [2.75, 3.05) is 11.9 Å². The van der Waals surface area contributed by atoms with Crippen molar-refractivity contribution in [2.24, 2.45) is 5.73 Å².